The Morgan fingerprint density at radius 1 is 1.05 bits per heavy atom. The third kappa shape index (κ3) is 7.70. The van der Waals surface area contributed by atoms with Gasteiger partial charge >= 0.3 is 6.09 Å². The fraction of sp³-hybridized carbons (Fsp3) is 0.485. The van der Waals surface area contributed by atoms with E-state index in [-0.39, 0.29) is 18.9 Å². The van der Waals surface area contributed by atoms with Gasteiger partial charge in [0.25, 0.3) is 0 Å². The number of para-hydroxylation sites is 1. The van der Waals surface area contributed by atoms with E-state index in [1.165, 1.54) is 0 Å². The van der Waals surface area contributed by atoms with Gasteiger partial charge in [0, 0.05) is 42.0 Å². The Hall–Kier alpha value is -3.85. The number of hydrogen-bond donors (Lipinski definition) is 4. The number of likely N-dealkylation sites (tertiary alicyclic amines) is 1. The van der Waals surface area contributed by atoms with E-state index in [4.69, 9.17) is 4.74 Å². The van der Waals surface area contributed by atoms with Crippen LogP contribution >= 0.6 is 0 Å². The van der Waals surface area contributed by atoms with Crippen LogP contribution in [0.2, 0.25) is 0 Å². The van der Waals surface area contributed by atoms with E-state index in [9.17, 15) is 19.5 Å². The van der Waals surface area contributed by atoms with Crippen LogP contribution in [0.15, 0.2) is 60.8 Å². The maximum Gasteiger partial charge on any atom is 0.408 e. The first-order valence-electron chi connectivity index (χ1n) is 14.6. The number of nitrogens with zero attached hydrogens (tertiary/aromatic N) is 1. The maximum absolute atomic E-state index is 14.2. The average Bonchev–Trinajstić information content (AvgIpc) is 3.34. The molecule has 1 aliphatic heterocycles. The van der Waals surface area contributed by atoms with Gasteiger partial charge in [-0.25, -0.2) is 4.79 Å². The molecule has 1 fully saturated rings. The smallest absolute Gasteiger partial charge is 0.408 e. The predicted molar refractivity (Wildman–Crippen MR) is 163 cm³/mol. The second kappa shape index (κ2) is 12.6. The van der Waals surface area contributed by atoms with Crippen molar-refractivity contribution in [2.45, 2.75) is 77.5 Å². The summed E-state index contributed by atoms with van der Waals surface area (Å²) >= 11 is 0. The summed E-state index contributed by atoms with van der Waals surface area (Å²) in [5.41, 5.74) is 0.416. The molecule has 0 aliphatic carbocycles. The van der Waals surface area contributed by atoms with Crippen LogP contribution in [0, 0.1) is 5.41 Å². The summed E-state index contributed by atoms with van der Waals surface area (Å²) in [5, 5.41) is 17.1. The van der Waals surface area contributed by atoms with Crippen molar-refractivity contribution in [3.05, 3.63) is 71.9 Å². The molecule has 2 aromatic carbocycles. The summed E-state index contributed by atoms with van der Waals surface area (Å²) < 4.78 is 5.36. The highest BCUT2D eigenvalue weighted by atomic mass is 16.6. The lowest BCUT2D eigenvalue weighted by atomic mass is 9.75. The molecule has 0 bridgehead atoms. The number of ether oxygens (including phenoxy) is 1. The Kier molecular flexibility index (Phi) is 9.30. The molecule has 4 N–H and O–H groups in total. The van der Waals surface area contributed by atoms with Gasteiger partial charge in [0.2, 0.25) is 11.8 Å². The van der Waals surface area contributed by atoms with Crippen molar-refractivity contribution in [2.75, 3.05) is 19.7 Å². The predicted octanol–water partition coefficient (Wildman–Crippen LogP) is 4.34. The summed E-state index contributed by atoms with van der Waals surface area (Å²) in [7, 11) is 0. The Morgan fingerprint density at radius 2 is 1.74 bits per heavy atom. The summed E-state index contributed by atoms with van der Waals surface area (Å²) in [6, 6.07) is 16.9. The molecule has 3 amide bonds. The molecule has 2 heterocycles. The van der Waals surface area contributed by atoms with Crippen LogP contribution in [-0.4, -0.2) is 69.8 Å². The number of aromatic amines is 1. The SMILES string of the molecule is CC(C)(C)OC(=O)NC(C)(C)C(=O)N[C@H](Cc1c[nH]c2ccccc12)C(=O)N1CCCC(CO)(Cc2ccccc2)C1. The molecule has 0 spiro atoms. The van der Waals surface area contributed by atoms with Crippen molar-refractivity contribution in [3.8, 4) is 0 Å². The Bertz CT molecular complexity index is 1390. The van der Waals surface area contributed by atoms with E-state index in [0.29, 0.717) is 19.5 Å². The number of rotatable bonds is 9. The van der Waals surface area contributed by atoms with Crippen molar-refractivity contribution in [1.82, 2.24) is 20.5 Å². The number of benzene rings is 2. The number of hydrogen-bond acceptors (Lipinski definition) is 5. The van der Waals surface area contributed by atoms with Crippen LogP contribution in [0.5, 0.6) is 0 Å². The van der Waals surface area contributed by atoms with Crippen LogP contribution in [-0.2, 0) is 27.2 Å². The summed E-state index contributed by atoms with van der Waals surface area (Å²) in [4.78, 5) is 45.3. The largest absolute Gasteiger partial charge is 0.444 e. The van der Waals surface area contributed by atoms with E-state index in [1.807, 2.05) is 60.8 Å². The zero-order valence-electron chi connectivity index (χ0n) is 25.3. The van der Waals surface area contributed by atoms with Crippen LogP contribution in [0.1, 0.15) is 58.6 Å². The molecule has 2 atom stereocenters. The quantitative estimate of drug-likeness (QED) is 0.302. The van der Waals surface area contributed by atoms with Gasteiger partial charge in [0.1, 0.15) is 17.2 Å². The number of H-pyrrole nitrogens is 1. The minimum Gasteiger partial charge on any atom is -0.444 e. The molecular weight excluding hydrogens is 532 g/mol. The highest BCUT2D eigenvalue weighted by Crippen LogP contribution is 2.34. The lowest BCUT2D eigenvalue weighted by Crippen LogP contribution is -2.61. The topological polar surface area (TPSA) is 124 Å². The molecule has 1 aliphatic rings. The average molecular weight is 577 g/mol. The molecule has 0 saturated carbocycles. The number of carbonyl (C=O) groups is 3. The molecule has 42 heavy (non-hydrogen) atoms. The third-order valence-corrected chi connectivity index (χ3v) is 7.81. The molecule has 9 nitrogen and oxygen atoms in total. The molecular formula is C33H44N4O5. The van der Waals surface area contributed by atoms with E-state index >= 15 is 0 Å². The number of piperidine rings is 1. The maximum atomic E-state index is 14.2. The van der Waals surface area contributed by atoms with Crippen molar-refractivity contribution >= 4 is 28.8 Å². The number of nitrogens with one attached hydrogen (secondary N) is 3. The number of alkyl carbamates (subject to hydrolysis) is 1. The Balaban J connectivity index is 1.57. The fourth-order valence-electron chi connectivity index (χ4n) is 5.65. The highest BCUT2D eigenvalue weighted by Gasteiger charge is 2.40. The minimum absolute atomic E-state index is 0.0437. The first kappa shape index (κ1) is 31.1. The van der Waals surface area contributed by atoms with Gasteiger partial charge in [-0.1, -0.05) is 48.5 Å². The van der Waals surface area contributed by atoms with Crippen molar-refractivity contribution in [3.63, 3.8) is 0 Å². The molecule has 1 aromatic heterocycles. The molecule has 1 unspecified atom stereocenters. The lowest BCUT2D eigenvalue weighted by Gasteiger charge is -2.43. The zero-order chi connectivity index (χ0) is 30.5. The standard InChI is InChI=1S/C33H44N4O5/c1-31(2,3)42-30(41)36-32(4,5)29(40)35-27(18-24-20-34-26-15-10-9-14-25(24)26)28(39)37-17-11-16-33(21-37,22-38)19-23-12-7-6-8-13-23/h6-10,12-15,20,27,34,38H,11,16-19,21-22H2,1-5H3,(H,35,40)(H,36,41)/t27-,33?/m1/s1. The van der Waals surface area contributed by atoms with Gasteiger partial charge in [0.05, 0.1) is 6.61 Å². The number of carbonyl (C=O) groups excluding carboxylic acids is 3. The van der Waals surface area contributed by atoms with Gasteiger partial charge in [0.15, 0.2) is 0 Å². The van der Waals surface area contributed by atoms with E-state index < -0.39 is 34.6 Å². The highest BCUT2D eigenvalue weighted by molar-refractivity contribution is 5.94. The van der Waals surface area contributed by atoms with E-state index in [2.05, 4.69) is 15.6 Å². The lowest BCUT2D eigenvalue weighted by molar-refractivity contribution is -0.141. The Morgan fingerprint density at radius 3 is 2.43 bits per heavy atom. The van der Waals surface area contributed by atoms with E-state index in [0.717, 1.165) is 34.9 Å². The summed E-state index contributed by atoms with van der Waals surface area (Å²) in [6.45, 7) is 9.29. The number of aliphatic hydroxyl groups is 1. The molecule has 4 rings (SSSR count). The molecule has 3 aromatic rings. The first-order chi connectivity index (χ1) is 19.8. The number of fused-ring (bicyclic) bond motifs is 1. The van der Waals surface area contributed by atoms with Crippen molar-refractivity contribution in [2.24, 2.45) is 5.41 Å². The van der Waals surface area contributed by atoms with Crippen molar-refractivity contribution < 1.29 is 24.2 Å². The van der Waals surface area contributed by atoms with Crippen LogP contribution in [0.3, 0.4) is 0 Å². The van der Waals surface area contributed by atoms with Gasteiger partial charge < -0.3 is 30.4 Å². The van der Waals surface area contributed by atoms with Crippen LogP contribution in [0.25, 0.3) is 10.9 Å². The molecule has 9 heteroatoms. The van der Waals surface area contributed by atoms with E-state index in [1.54, 1.807) is 39.5 Å². The Labute approximate surface area is 248 Å². The number of aliphatic hydroxyl groups excluding tert-OH is 1. The van der Waals surface area contributed by atoms with Crippen molar-refractivity contribution in [1.29, 1.82) is 0 Å². The first-order valence-corrected chi connectivity index (χ1v) is 14.6. The monoisotopic (exact) mass is 576 g/mol. The summed E-state index contributed by atoms with van der Waals surface area (Å²) in [6.07, 6.45) is 3.61. The van der Waals surface area contributed by atoms with Gasteiger partial charge in [-0.2, -0.15) is 0 Å². The molecule has 226 valence electrons. The zero-order valence-corrected chi connectivity index (χ0v) is 25.3. The summed E-state index contributed by atoms with van der Waals surface area (Å²) in [5.74, 6) is -0.714. The third-order valence-electron chi connectivity index (χ3n) is 7.81. The van der Waals surface area contributed by atoms with Gasteiger partial charge in [-0.15, -0.1) is 0 Å². The van der Waals surface area contributed by atoms with Crippen LogP contribution in [0.4, 0.5) is 4.79 Å². The normalized spacial score (nSPS) is 18.4. The van der Waals surface area contributed by atoms with Crippen LogP contribution < -0.4 is 10.6 Å². The minimum atomic E-state index is -1.34. The second-order valence-electron chi connectivity index (χ2n) is 13.0. The fourth-order valence-corrected chi connectivity index (χ4v) is 5.65. The van der Waals surface area contributed by atoms with Gasteiger partial charge in [-0.3, -0.25) is 9.59 Å². The number of amides is 3. The van der Waals surface area contributed by atoms with Gasteiger partial charge in [-0.05, 0) is 71.1 Å². The second-order valence-corrected chi connectivity index (χ2v) is 13.0. The number of aromatic nitrogens is 1. The molecule has 1 saturated heterocycles. The molecule has 0 radical (unpaired) electrons.